The first-order valence-corrected chi connectivity index (χ1v) is 8.45. The van der Waals surface area contributed by atoms with Gasteiger partial charge in [-0.2, -0.15) is 5.10 Å². The zero-order valence-corrected chi connectivity index (χ0v) is 13.3. The molecule has 0 saturated heterocycles. The molecule has 0 unspecified atom stereocenters. The minimum atomic E-state index is 0.786. The van der Waals surface area contributed by atoms with Gasteiger partial charge in [0, 0.05) is 22.0 Å². The molecule has 0 saturated carbocycles. The van der Waals surface area contributed by atoms with Gasteiger partial charge in [-0.05, 0) is 61.1 Å². The van der Waals surface area contributed by atoms with Crippen molar-refractivity contribution in [1.82, 2.24) is 15.2 Å². The fourth-order valence-electron chi connectivity index (χ4n) is 3.93. The molecule has 4 heteroatoms. The number of nitrogens with zero attached hydrogens (tertiary/aromatic N) is 2. The Kier molecular flexibility index (Phi) is 2.86. The number of rotatable bonds is 1. The van der Waals surface area contributed by atoms with Crippen LogP contribution >= 0.6 is 0 Å². The Bertz CT molecular complexity index is 1060. The number of benzene rings is 2. The van der Waals surface area contributed by atoms with Crippen LogP contribution in [0.25, 0.3) is 33.1 Å². The number of aromatic nitrogens is 3. The average molecular weight is 314 g/mol. The molecule has 0 amide bonds. The van der Waals surface area contributed by atoms with Crippen LogP contribution < -0.4 is 5.73 Å². The second-order valence-electron chi connectivity index (χ2n) is 6.54. The van der Waals surface area contributed by atoms with Crippen molar-refractivity contribution < 1.29 is 0 Å². The summed E-state index contributed by atoms with van der Waals surface area (Å²) < 4.78 is 0. The summed E-state index contributed by atoms with van der Waals surface area (Å²) in [6, 6.07) is 12.2. The second-order valence-corrected chi connectivity index (χ2v) is 6.54. The minimum absolute atomic E-state index is 0.786. The Morgan fingerprint density at radius 3 is 2.54 bits per heavy atom. The van der Waals surface area contributed by atoms with Crippen LogP contribution in [-0.2, 0) is 12.8 Å². The lowest BCUT2D eigenvalue weighted by atomic mass is 9.85. The number of hydrogen-bond donors (Lipinski definition) is 2. The largest absolute Gasteiger partial charge is 0.399 e. The summed E-state index contributed by atoms with van der Waals surface area (Å²) in [5, 5.41) is 9.76. The Hall–Kier alpha value is -2.88. The third-order valence-corrected chi connectivity index (χ3v) is 5.07. The standard InChI is InChI=1S/C20H18N4/c21-13-7-5-12(6-8-13)20-15-4-2-1-3-14(15)19-16-11-22-24-17(16)9-10-18(19)23-20/h5-11H,1-4,21H2,(H,22,24). The van der Waals surface area contributed by atoms with Crippen LogP contribution in [0.4, 0.5) is 5.69 Å². The van der Waals surface area contributed by atoms with Crippen molar-refractivity contribution in [2.45, 2.75) is 25.7 Å². The SMILES string of the molecule is Nc1ccc(-c2nc3ccc4[nH]ncc4c3c3c2CCCC3)cc1. The normalized spacial score (nSPS) is 14.2. The lowest BCUT2D eigenvalue weighted by molar-refractivity contribution is 0.689. The third kappa shape index (κ3) is 1.92. The number of hydrogen-bond acceptors (Lipinski definition) is 3. The summed E-state index contributed by atoms with van der Waals surface area (Å²) >= 11 is 0. The van der Waals surface area contributed by atoms with Crippen LogP contribution in [0.5, 0.6) is 0 Å². The Balaban J connectivity index is 1.88. The summed E-state index contributed by atoms with van der Waals surface area (Å²) in [5.41, 5.74) is 13.9. The van der Waals surface area contributed by atoms with E-state index in [-0.39, 0.29) is 0 Å². The van der Waals surface area contributed by atoms with Crippen molar-refractivity contribution in [3.63, 3.8) is 0 Å². The zero-order chi connectivity index (χ0) is 16.1. The smallest absolute Gasteiger partial charge is 0.0744 e. The number of aromatic amines is 1. The van der Waals surface area contributed by atoms with Gasteiger partial charge in [0.2, 0.25) is 0 Å². The predicted molar refractivity (Wildman–Crippen MR) is 97.9 cm³/mol. The average Bonchev–Trinajstić information content (AvgIpc) is 3.10. The third-order valence-electron chi connectivity index (χ3n) is 5.07. The van der Waals surface area contributed by atoms with Crippen molar-refractivity contribution in [1.29, 1.82) is 0 Å². The van der Waals surface area contributed by atoms with Crippen LogP contribution in [0.2, 0.25) is 0 Å². The molecule has 118 valence electrons. The summed E-state index contributed by atoms with van der Waals surface area (Å²) in [6.07, 6.45) is 6.59. The van der Waals surface area contributed by atoms with Gasteiger partial charge in [0.25, 0.3) is 0 Å². The molecule has 0 spiro atoms. The van der Waals surface area contributed by atoms with Crippen LogP contribution in [0.15, 0.2) is 42.6 Å². The first-order chi connectivity index (χ1) is 11.8. The Morgan fingerprint density at radius 2 is 1.71 bits per heavy atom. The van der Waals surface area contributed by atoms with E-state index >= 15 is 0 Å². The highest BCUT2D eigenvalue weighted by Gasteiger charge is 2.20. The van der Waals surface area contributed by atoms with Gasteiger partial charge >= 0.3 is 0 Å². The molecule has 0 aliphatic heterocycles. The van der Waals surface area contributed by atoms with Gasteiger partial charge in [-0.15, -0.1) is 0 Å². The maximum absolute atomic E-state index is 5.85. The minimum Gasteiger partial charge on any atom is -0.399 e. The van der Waals surface area contributed by atoms with E-state index in [9.17, 15) is 0 Å². The van der Waals surface area contributed by atoms with Crippen LogP contribution in [-0.4, -0.2) is 15.2 Å². The molecule has 0 radical (unpaired) electrons. The number of nitrogens with two attached hydrogens (primary N) is 1. The van der Waals surface area contributed by atoms with Crippen molar-refractivity contribution in [3.8, 4) is 11.3 Å². The van der Waals surface area contributed by atoms with E-state index in [1.807, 2.05) is 18.3 Å². The maximum Gasteiger partial charge on any atom is 0.0744 e. The number of nitrogens with one attached hydrogen (secondary N) is 1. The van der Waals surface area contributed by atoms with Crippen LogP contribution in [0.1, 0.15) is 24.0 Å². The van der Waals surface area contributed by atoms with E-state index in [4.69, 9.17) is 10.7 Å². The van der Waals surface area contributed by atoms with Gasteiger partial charge in [-0.3, -0.25) is 5.10 Å². The van der Waals surface area contributed by atoms with Gasteiger partial charge in [0.05, 0.1) is 22.9 Å². The van der Waals surface area contributed by atoms with Crippen molar-refractivity contribution >= 4 is 27.5 Å². The van der Waals surface area contributed by atoms with E-state index in [1.54, 1.807) is 0 Å². The topological polar surface area (TPSA) is 67.6 Å². The molecule has 2 heterocycles. The first kappa shape index (κ1) is 13.5. The lowest BCUT2D eigenvalue weighted by Crippen LogP contribution is -2.07. The number of H-pyrrole nitrogens is 1. The van der Waals surface area contributed by atoms with Gasteiger partial charge in [-0.25, -0.2) is 4.98 Å². The van der Waals surface area contributed by atoms with Gasteiger partial charge in [0.15, 0.2) is 0 Å². The first-order valence-electron chi connectivity index (χ1n) is 8.45. The van der Waals surface area contributed by atoms with Gasteiger partial charge in [-0.1, -0.05) is 12.1 Å². The zero-order valence-electron chi connectivity index (χ0n) is 13.3. The summed E-state index contributed by atoms with van der Waals surface area (Å²) in [7, 11) is 0. The summed E-state index contributed by atoms with van der Waals surface area (Å²) in [6.45, 7) is 0. The Morgan fingerprint density at radius 1 is 0.917 bits per heavy atom. The molecule has 5 rings (SSSR count). The predicted octanol–water partition coefficient (Wildman–Crippen LogP) is 4.24. The molecular weight excluding hydrogens is 296 g/mol. The number of pyridine rings is 1. The molecule has 4 aromatic rings. The maximum atomic E-state index is 5.85. The molecule has 3 N–H and O–H groups in total. The van der Waals surface area contributed by atoms with E-state index in [0.717, 1.165) is 40.8 Å². The van der Waals surface area contributed by atoms with E-state index in [1.165, 1.54) is 34.7 Å². The van der Waals surface area contributed by atoms with E-state index in [0.29, 0.717) is 0 Å². The highest BCUT2D eigenvalue weighted by atomic mass is 15.1. The molecule has 2 aromatic carbocycles. The number of fused-ring (bicyclic) bond motifs is 5. The molecular formula is C20H18N4. The molecule has 0 bridgehead atoms. The van der Waals surface area contributed by atoms with Crippen molar-refractivity contribution in [3.05, 3.63) is 53.7 Å². The van der Waals surface area contributed by atoms with Crippen molar-refractivity contribution in [2.24, 2.45) is 0 Å². The van der Waals surface area contributed by atoms with Gasteiger partial charge < -0.3 is 5.73 Å². The van der Waals surface area contributed by atoms with E-state index in [2.05, 4.69) is 34.5 Å². The van der Waals surface area contributed by atoms with Crippen LogP contribution in [0.3, 0.4) is 0 Å². The summed E-state index contributed by atoms with van der Waals surface area (Å²) in [4.78, 5) is 5.04. The number of aryl methyl sites for hydroxylation is 1. The molecule has 0 fully saturated rings. The number of anilines is 1. The molecule has 24 heavy (non-hydrogen) atoms. The molecule has 2 aromatic heterocycles. The highest BCUT2D eigenvalue weighted by Crippen LogP contribution is 2.37. The quantitative estimate of drug-likeness (QED) is 0.516. The molecule has 0 atom stereocenters. The summed E-state index contributed by atoms with van der Waals surface area (Å²) in [5.74, 6) is 0. The molecule has 1 aliphatic carbocycles. The van der Waals surface area contributed by atoms with Crippen molar-refractivity contribution in [2.75, 3.05) is 5.73 Å². The lowest BCUT2D eigenvalue weighted by Gasteiger charge is -2.21. The van der Waals surface area contributed by atoms with Gasteiger partial charge in [0.1, 0.15) is 0 Å². The fourth-order valence-corrected chi connectivity index (χ4v) is 3.93. The van der Waals surface area contributed by atoms with E-state index < -0.39 is 0 Å². The van der Waals surface area contributed by atoms with Crippen LogP contribution in [0, 0.1) is 0 Å². The fraction of sp³-hybridized carbons (Fsp3) is 0.200. The highest BCUT2D eigenvalue weighted by molar-refractivity contribution is 6.07. The molecule has 4 nitrogen and oxygen atoms in total. The number of nitrogen functional groups attached to an aromatic ring is 1. The molecule has 1 aliphatic rings. The Labute approximate surface area is 139 Å². The monoisotopic (exact) mass is 314 g/mol. The second kappa shape index (κ2) is 5.06.